The lowest BCUT2D eigenvalue weighted by atomic mass is 10.1. The third kappa shape index (κ3) is 2.93. The molecule has 16 heavy (non-hydrogen) atoms. The predicted molar refractivity (Wildman–Crippen MR) is 55.8 cm³/mol. The monoisotopic (exact) mass is 246 g/mol. The molecule has 1 rings (SSSR count). The van der Waals surface area contributed by atoms with E-state index < -0.39 is 27.8 Å². The van der Waals surface area contributed by atoms with Crippen molar-refractivity contribution in [3.63, 3.8) is 0 Å². The number of carbonyl (C=O) groups excluding carboxylic acids is 1. The van der Waals surface area contributed by atoms with Crippen LogP contribution in [0.4, 0.5) is 0 Å². The number of hydrogen-bond acceptors (Lipinski definition) is 5. The normalized spacial score (nSPS) is 22.4. The highest BCUT2D eigenvalue weighted by atomic mass is 32.2. The first-order chi connectivity index (χ1) is 7.51. The van der Waals surface area contributed by atoms with Gasteiger partial charge in [0.2, 0.25) is 10.0 Å². The molecule has 0 spiro atoms. The van der Waals surface area contributed by atoms with Gasteiger partial charge in [-0.2, -0.15) is 9.57 Å². The number of esters is 1. The van der Waals surface area contributed by atoms with Crippen molar-refractivity contribution in [1.29, 1.82) is 5.26 Å². The van der Waals surface area contributed by atoms with Gasteiger partial charge in [-0.15, -0.1) is 0 Å². The Morgan fingerprint density at radius 1 is 1.56 bits per heavy atom. The smallest absolute Gasteiger partial charge is 0.322 e. The summed E-state index contributed by atoms with van der Waals surface area (Å²) < 4.78 is 29.0. The van der Waals surface area contributed by atoms with Crippen molar-refractivity contribution >= 4 is 16.0 Å². The Bertz CT molecular complexity index is 398. The first kappa shape index (κ1) is 12.9. The molecule has 0 aromatic carbocycles. The van der Waals surface area contributed by atoms with Crippen LogP contribution in [0.5, 0.6) is 0 Å². The fourth-order valence-corrected chi connectivity index (χ4v) is 3.19. The van der Waals surface area contributed by atoms with E-state index in [2.05, 4.69) is 4.74 Å². The Hall–Kier alpha value is -1.13. The molecule has 0 amide bonds. The van der Waals surface area contributed by atoms with Gasteiger partial charge in [-0.25, -0.2) is 8.42 Å². The zero-order valence-electron chi connectivity index (χ0n) is 9.05. The van der Waals surface area contributed by atoms with E-state index in [1.807, 2.05) is 6.07 Å². The van der Waals surface area contributed by atoms with Crippen molar-refractivity contribution < 1.29 is 17.9 Å². The van der Waals surface area contributed by atoms with E-state index in [1.165, 1.54) is 0 Å². The number of sulfonamides is 1. The number of nitriles is 1. The number of piperidine rings is 1. The molecule has 0 aromatic heterocycles. The quantitative estimate of drug-likeness (QED) is 0.647. The molecule has 0 N–H and O–H groups in total. The molecule has 90 valence electrons. The number of nitrogens with zero attached hydrogens (tertiary/aromatic N) is 2. The third-order valence-corrected chi connectivity index (χ3v) is 4.24. The number of ether oxygens (including phenoxy) is 1. The van der Waals surface area contributed by atoms with Crippen molar-refractivity contribution in [3.8, 4) is 6.07 Å². The number of hydrogen-bond donors (Lipinski definition) is 0. The van der Waals surface area contributed by atoms with Gasteiger partial charge in [0.25, 0.3) is 0 Å². The summed E-state index contributed by atoms with van der Waals surface area (Å²) in [5.74, 6) is -1.50. The standard InChI is InChI=1S/C9H14N2O4S/c1-15-9(12)7-16(13,14)11-5-3-2-4-8(11)6-10/h8H,2-5,7H2,1H3. The molecule has 0 saturated carbocycles. The number of methoxy groups -OCH3 is 1. The topological polar surface area (TPSA) is 87.5 Å². The fraction of sp³-hybridized carbons (Fsp3) is 0.778. The van der Waals surface area contributed by atoms with E-state index >= 15 is 0 Å². The van der Waals surface area contributed by atoms with E-state index in [1.54, 1.807) is 0 Å². The van der Waals surface area contributed by atoms with Crippen LogP contribution in [0.15, 0.2) is 0 Å². The lowest BCUT2D eigenvalue weighted by Gasteiger charge is -2.29. The summed E-state index contributed by atoms with van der Waals surface area (Å²) in [4.78, 5) is 11.0. The van der Waals surface area contributed by atoms with Crippen LogP contribution in [0.25, 0.3) is 0 Å². The summed E-state index contributed by atoms with van der Waals surface area (Å²) in [5, 5.41) is 8.84. The largest absolute Gasteiger partial charge is 0.468 e. The lowest BCUT2D eigenvalue weighted by molar-refractivity contribution is -0.137. The second-order valence-electron chi connectivity index (χ2n) is 3.58. The summed E-state index contributed by atoms with van der Waals surface area (Å²) >= 11 is 0. The van der Waals surface area contributed by atoms with Gasteiger partial charge in [-0.1, -0.05) is 0 Å². The molecule has 1 unspecified atom stereocenters. The molecule has 0 aliphatic carbocycles. The van der Waals surface area contributed by atoms with Crippen LogP contribution in [0.3, 0.4) is 0 Å². The maximum Gasteiger partial charge on any atom is 0.322 e. The first-order valence-corrected chi connectivity index (χ1v) is 6.58. The van der Waals surface area contributed by atoms with Crippen LogP contribution in [0, 0.1) is 11.3 Å². The zero-order valence-corrected chi connectivity index (χ0v) is 9.87. The Morgan fingerprint density at radius 2 is 2.25 bits per heavy atom. The molecule has 1 fully saturated rings. The Morgan fingerprint density at radius 3 is 2.81 bits per heavy atom. The molecule has 7 heteroatoms. The van der Waals surface area contributed by atoms with Gasteiger partial charge < -0.3 is 4.74 Å². The molecular formula is C9H14N2O4S. The van der Waals surface area contributed by atoms with Crippen LogP contribution >= 0.6 is 0 Å². The van der Waals surface area contributed by atoms with E-state index in [9.17, 15) is 13.2 Å². The molecular weight excluding hydrogens is 232 g/mol. The molecule has 1 saturated heterocycles. The zero-order chi connectivity index (χ0) is 12.2. The highest BCUT2D eigenvalue weighted by Gasteiger charge is 2.33. The minimum Gasteiger partial charge on any atom is -0.468 e. The molecule has 6 nitrogen and oxygen atoms in total. The van der Waals surface area contributed by atoms with Gasteiger partial charge in [-0.3, -0.25) is 4.79 Å². The van der Waals surface area contributed by atoms with Gasteiger partial charge in [0.15, 0.2) is 5.75 Å². The maximum atomic E-state index is 11.8. The van der Waals surface area contributed by atoms with Crippen LogP contribution in [-0.2, 0) is 19.6 Å². The summed E-state index contributed by atoms with van der Waals surface area (Å²) in [6.07, 6.45) is 2.08. The second-order valence-corrected chi connectivity index (χ2v) is 5.51. The van der Waals surface area contributed by atoms with Crippen molar-refractivity contribution in [2.45, 2.75) is 25.3 Å². The fourth-order valence-electron chi connectivity index (χ4n) is 1.66. The van der Waals surface area contributed by atoms with Crippen LogP contribution in [0.2, 0.25) is 0 Å². The van der Waals surface area contributed by atoms with Crippen molar-refractivity contribution in [2.75, 3.05) is 19.4 Å². The minimum absolute atomic E-state index is 0.303. The van der Waals surface area contributed by atoms with E-state index in [0.717, 1.165) is 24.3 Å². The summed E-state index contributed by atoms with van der Waals surface area (Å²) in [6, 6.07) is 1.30. The van der Waals surface area contributed by atoms with Gasteiger partial charge >= 0.3 is 5.97 Å². The average Bonchev–Trinajstić information content (AvgIpc) is 2.28. The van der Waals surface area contributed by atoms with Gasteiger partial charge in [-0.05, 0) is 19.3 Å². The van der Waals surface area contributed by atoms with Crippen molar-refractivity contribution in [1.82, 2.24) is 4.31 Å². The van der Waals surface area contributed by atoms with E-state index in [4.69, 9.17) is 5.26 Å². The molecule has 0 bridgehead atoms. The maximum absolute atomic E-state index is 11.8. The number of rotatable bonds is 3. The molecule has 1 atom stereocenters. The molecule has 0 radical (unpaired) electrons. The Kier molecular flexibility index (Phi) is 4.26. The molecule has 0 aromatic rings. The van der Waals surface area contributed by atoms with Gasteiger partial charge in [0.05, 0.1) is 13.2 Å². The summed E-state index contributed by atoms with van der Waals surface area (Å²) in [5.41, 5.74) is 0. The molecule has 1 aliphatic rings. The summed E-state index contributed by atoms with van der Waals surface area (Å²) in [7, 11) is -2.58. The Balaban J connectivity index is 2.81. The SMILES string of the molecule is COC(=O)CS(=O)(=O)N1CCCCC1C#N. The first-order valence-electron chi connectivity index (χ1n) is 4.97. The van der Waals surface area contributed by atoms with Crippen LogP contribution < -0.4 is 0 Å². The average molecular weight is 246 g/mol. The summed E-state index contributed by atoms with van der Waals surface area (Å²) in [6.45, 7) is 0.303. The predicted octanol–water partition coefficient (Wildman–Crippen LogP) is -0.133. The highest BCUT2D eigenvalue weighted by Crippen LogP contribution is 2.20. The van der Waals surface area contributed by atoms with Crippen molar-refractivity contribution in [3.05, 3.63) is 0 Å². The lowest BCUT2D eigenvalue weighted by Crippen LogP contribution is -2.45. The molecule has 1 heterocycles. The van der Waals surface area contributed by atoms with E-state index in [0.29, 0.717) is 13.0 Å². The van der Waals surface area contributed by atoms with Crippen LogP contribution in [0.1, 0.15) is 19.3 Å². The highest BCUT2D eigenvalue weighted by molar-refractivity contribution is 7.89. The molecule has 1 aliphatic heterocycles. The second kappa shape index (κ2) is 5.27. The number of carbonyl (C=O) groups is 1. The minimum atomic E-state index is -3.72. The van der Waals surface area contributed by atoms with Gasteiger partial charge in [0.1, 0.15) is 6.04 Å². The van der Waals surface area contributed by atoms with Gasteiger partial charge in [0, 0.05) is 6.54 Å². The van der Waals surface area contributed by atoms with Crippen molar-refractivity contribution in [2.24, 2.45) is 0 Å². The third-order valence-electron chi connectivity index (χ3n) is 2.49. The van der Waals surface area contributed by atoms with Crippen LogP contribution in [-0.4, -0.2) is 44.1 Å². The Labute approximate surface area is 94.8 Å². The van der Waals surface area contributed by atoms with E-state index in [-0.39, 0.29) is 0 Å².